The van der Waals surface area contributed by atoms with Gasteiger partial charge in [0.25, 0.3) is 0 Å². The van der Waals surface area contributed by atoms with Gasteiger partial charge in [-0.2, -0.15) is 0 Å². The van der Waals surface area contributed by atoms with Gasteiger partial charge < -0.3 is 29.7 Å². The fraction of sp³-hybridized carbons (Fsp3) is 0.760. The lowest BCUT2D eigenvalue weighted by molar-refractivity contribution is -0.172. The molecule has 1 amide bonds. The first-order valence-corrected chi connectivity index (χ1v) is 11.9. The molecule has 4 bridgehead atoms. The largest absolute Gasteiger partial charge is 0.457 e. The molecule has 184 valence electrons. The van der Waals surface area contributed by atoms with Crippen LogP contribution in [-0.4, -0.2) is 71.4 Å². The van der Waals surface area contributed by atoms with E-state index in [1.807, 2.05) is 26.8 Å². The first-order chi connectivity index (χ1) is 15.5. The van der Waals surface area contributed by atoms with Crippen LogP contribution in [0.15, 0.2) is 23.8 Å². The number of ether oxygens (including phenoxy) is 3. The van der Waals surface area contributed by atoms with Crippen molar-refractivity contribution in [3.05, 3.63) is 23.8 Å². The Bertz CT molecular complexity index is 854. The summed E-state index contributed by atoms with van der Waals surface area (Å²) in [7, 11) is 1.47. The molecule has 12 atom stereocenters. The summed E-state index contributed by atoms with van der Waals surface area (Å²) in [6, 6.07) is -0.324. The molecule has 33 heavy (non-hydrogen) atoms. The van der Waals surface area contributed by atoms with E-state index in [2.05, 4.69) is 17.5 Å². The van der Waals surface area contributed by atoms with Crippen LogP contribution in [0.3, 0.4) is 0 Å². The van der Waals surface area contributed by atoms with Crippen molar-refractivity contribution >= 4 is 11.9 Å². The zero-order valence-corrected chi connectivity index (χ0v) is 20.2. The number of esters is 1. The zero-order chi connectivity index (χ0) is 24.2. The average molecular weight is 464 g/mol. The molecule has 1 saturated carbocycles. The molecule has 2 aliphatic heterocycles. The van der Waals surface area contributed by atoms with E-state index in [9.17, 15) is 19.8 Å². The molecule has 0 aromatic heterocycles. The summed E-state index contributed by atoms with van der Waals surface area (Å²) in [6.45, 7) is 8.93. The van der Waals surface area contributed by atoms with Gasteiger partial charge in [0.05, 0.1) is 24.4 Å². The van der Waals surface area contributed by atoms with Gasteiger partial charge in [-0.25, -0.2) is 4.79 Å². The quantitative estimate of drug-likeness (QED) is 0.428. The molecular formula is C25H37NO7. The highest BCUT2D eigenvalue weighted by Crippen LogP contribution is 2.60. The molecule has 3 N–H and O–H groups in total. The molecule has 0 radical (unpaired) electrons. The van der Waals surface area contributed by atoms with Crippen molar-refractivity contribution < 1.29 is 34.0 Å². The van der Waals surface area contributed by atoms with E-state index in [-0.39, 0.29) is 47.6 Å². The number of aliphatic hydroxyl groups excluding tert-OH is 2. The first-order valence-electron chi connectivity index (χ1n) is 11.9. The SMILES string of the molecule is CO[C@H]1C[C@H]2C=C[C@H]3[C@H]4O[C@]2(/C(C)=C/[C@@H](C)[C@@H]([C@@H](C)O)OC1=O)[C@@H]3[C@H](O)C(C)[C@@H]4NC(C)=O. The van der Waals surface area contributed by atoms with Gasteiger partial charge in [-0.3, -0.25) is 4.79 Å². The van der Waals surface area contributed by atoms with Crippen molar-refractivity contribution in [2.24, 2.45) is 29.6 Å². The number of methoxy groups -OCH3 is 1. The Morgan fingerprint density at radius 2 is 2.03 bits per heavy atom. The summed E-state index contributed by atoms with van der Waals surface area (Å²) in [5.41, 5.74) is 0.0895. The minimum absolute atomic E-state index is 0.0635. The van der Waals surface area contributed by atoms with E-state index in [0.29, 0.717) is 6.42 Å². The van der Waals surface area contributed by atoms with Crippen LogP contribution in [0.4, 0.5) is 0 Å². The summed E-state index contributed by atoms with van der Waals surface area (Å²) < 4.78 is 18.1. The number of nitrogens with one attached hydrogen (secondary N) is 1. The lowest BCUT2D eigenvalue weighted by Crippen LogP contribution is -2.59. The maximum Gasteiger partial charge on any atom is 0.335 e. The van der Waals surface area contributed by atoms with E-state index in [1.165, 1.54) is 14.0 Å². The number of cyclic esters (lactones) is 1. The predicted molar refractivity (Wildman–Crippen MR) is 120 cm³/mol. The molecule has 1 spiro atoms. The highest BCUT2D eigenvalue weighted by molar-refractivity contribution is 5.75. The Morgan fingerprint density at radius 1 is 1.33 bits per heavy atom. The van der Waals surface area contributed by atoms with Crippen LogP contribution < -0.4 is 5.32 Å². The minimum Gasteiger partial charge on any atom is -0.457 e. The normalized spacial score (nSPS) is 49.3. The van der Waals surface area contributed by atoms with Crippen LogP contribution in [0, 0.1) is 29.6 Å². The number of carbonyl (C=O) groups excluding carboxylic acids is 2. The number of aliphatic hydroxyl groups is 2. The number of amides is 1. The van der Waals surface area contributed by atoms with Crippen LogP contribution in [0.1, 0.15) is 41.0 Å². The fourth-order valence-electron chi connectivity index (χ4n) is 6.82. The minimum atomic E-state index is -0.865. The van der Waals surface area contributed by atoms with E-state index in [1.54, 1.807) is 6.92 Å². The van der Waals surface area contributed by atoms with E-state index in [4.69, 9.17) is 14.2 Å². The zero-order valence-electron chi connectivity index (χ0n) is 20.2. The summed E-state index contributed by atoms with van der Waals surface area (Å²) >= 11 is 0. The number of hydrogen-bond donors (Lipinski definition) is 3. The Morgan fingerprint density at radius 3 is 2.64 bits per heavy atom. The molecular weight excluding hydrogens is 426 g/mol. The summed E-state index contributed by atoms with van der Waals surface area (Å²) in [6.07, 6.45) is 3.04. The smallest absolute Gasteiger partial charge is 0.335 e. The third kappa shape index (κ3) is 3.75. The molecule has 2 aliphatic carbocycles. The Kier molecular flexibility index (Phi) is 6.50. The molecule has 4 rings (SSSR count). The van der Waals surface area contributed by atoms with Gasteiger partial charge in [-0.05, 0) is 25.8 Å². The number of rotatable bonds is 3. The fourth-order valence-corrected chi connectivity index (χ4v) is 6.82. The standard InChI is InChI=1S/C25H37NO7/c1-11-9-12(2)25-16(10-18(31-6)24(30)32-22(11)14(4)27)7-8-17-19(25)21(29)13(3)20(23(17)33-25)26-15(5)28/h7-9,11,13-14,16-23,27,29H,10H2,1-6H3,(H,26,28)/b12-9+/t11-,13?,14-,16-,17-,18+,19+,20+,21-,22+,23-,25+/m1/s1. The molecule has 2 fully saturated rings. The van der Waals surface area contributed by atoms with Gasteiger partial charge in [-0.1, -0.05) is 32.1 Å². The maximum absolute atomic E-state index is 13.0. The van der Waals surface area contributed by atoms with Crippen molar-refractivity contribution in [1.29, 1.82) is 0 Å². The van der Waals surface area contributed by atoms with Crippen LogP contribution in [0.2, 0.25) is 0 Å². The van der Waals surface area contributed by atoms with E-state index >= 15 is 0 Å². The lowest BCUT2D eigenvalue weighted by Gasteiger charge is -2.49. The van der Waals surface area contributed by atoms with Crippen molar-refractivity contribution in [3.63, 3.8) is 0 Å². The predicted octanol–water partition coefficient (Wildman–Crippen LogP) is 1.35. The third-order valence-corrected chi connectivity index (χ3v) is 8.32. The summed E-state index contributed by atoms with van der Waals surface area (Å²) in [5.74, 6) is -1.67. The highest BCUT2D eigenvalue weighted by Gasteiger charge is 2.68. The molecule has 8 heteroatoms. The van der Waals surface area contributed by atoms with Crippen LogP contribution >= 0.6 is 0 Å². The van der Waals surface area contributed by atoms with Crippen molar-refractivity contribution in [1.82, 2.24) is 5.32 Å². The van der Waals surface area contributed by atoms with Gasteiger partial charge in [0.15, 0.2) is 6.10 Å². The monoisotopic (exact) mass is 463 g/mol. The van der Waals surface area contributed by atoms with E-state index < -0.39 is 36.0 Å². The molecule has 1 saturated heterocycles. The number of hydrogen-bond acceptors (Lipinski definition) is 7. The summed E-state index contributed by atoms with van der Waals surface area (Å²) in [4.78, 5) is 24.9. The molecule has 4 aliphatic rings. The molecule has 0 aromatic rings. The average Bonchev–Trinajstić information content (AvgIpc) is 2.94. The Labute approximate surface area is 195 Å². The van der Waals surface area contributed by atoms with Crippen molar-refractivity contribution in [2.45, 2.75) is 83.2 Å². The molecule has 0 aromatic carbocycles. The lowest BCUT2D eigenvalue weighted by atomic mass is 9.57. The molecule has 2 heterocycles. The van der Waals surface area contributed by atoms with Crippen LogP contribution in [0.5, 0.6) is 0 Å². The second-order valence-electron chi connectivity index (χ2n) is 10.4. The van der Waals surface area contributed by atoms with Crippen LogP contribution in [0.25, 0.3) is 0 Å². The third-order valence-electron chi connectivity index (χ3n) is 8.32. The highest BCUT2D eigenvalue weighted by atomic mass is 16.6. The van der Waals surface area contributed by atoms with E-state index in [0.717, 1.165) is 5.57 Å². The summed E-state index contributed by atoms with van der Waals surface area (Å²) in [5, 5.41) is 24.9. The Balaban J connectivity index is 1.85. The number of carbonyl (C=O) groups is 2. The van der Waals surface area contributed by atoms with Gasteiger partial charge in [-0.15, -0.1) is 0 Å². The van der Waals surface area contributed by atoms with Crippen molar-refractivity contribution in [2.75, 3.05) is 7.11 Å². The van der Waals surface area contributed by atoms with Crippen molar-refractivity contribution in [3.8, 4) is 0 Å². The molecule has 8 nitrogen and oxygen atoms in total. The van der Waals surface area contributed by atoms with Crippen LogP contribution in [-0.2, 0) is 23.8 Å². The second-order valence-corrected chi connectivity index (χ2v) is 10.4. The maximum atomic E-state index is 13.0. The van der Waals surface area contributed by atoms with Gasteiger partial charge >= 0.3 is 5.97 Å². The topological polar surface area (TPSA) is 114 Å². The Hall–Kier alpha value is -1.74. The van der Waals surface area contributed by atoms with Gasteiger partial charge in [0, 0.05) is 43.6 Å². The molecule has 1 unspecified atom stereocenters. The first kappa shape index (κ1) is 24.4. The van der Waals surface area contributed by atoms with Gasteiger partial charge in [0.1, 0.15) is 11.7 Å². The van der Waals surface area contributed by atoms with Gasteiger partial charge in [0.2, 0.25) is 5.91 Å². The second kappa shape index (κ2) is 8.80.